The van der Waals surface area contributed by atoms with E-state index in [1.54, 1.807) is 0 Å². The van der Waals surface area contributed by atoms with E-state index in [9.17, 15) is 25.1 Å². The third-order valence-corrected chi connectivity index (χ3v) is 4.16. The third-order valence-electron chi connectivity index (χ3n) is 4.16. The zero-order valence-electron chi connectivity index (χ0n) is 12.5. The molecule has 0 amide bonds. The zero-order valence-corrected chi connectivity index (χ0v) is 12.5. The summed E-state index contributed by atoms with van der Waals surface area (Å²) in [6.45, 7) is 3.67. The molecule has 2 rings (SSSR count). The summed E-state index contributed by atoms with van der Waals surface area (Å²) in [6.07, 6.45) is 3.65. The molecule has 0 radical (unpaired) electrons. The molecule has 2 N–H and O–H groups in total. The fourth-order valence-electron chi connectivity index (χ4n) is 2.78. The number of nitrogens with zero attached hydrogens (tertiary/aromatic N) is 2. The lowest BCUT2D eigenvalue weighted by Crippen LogP contribution is -2.38. The quantitative estimate of drug-likeness (QED) is 0.375. The van der Waals surface area contributed by atoms with Crippen LogP contribution in [0.3, 0.4) is 0 Å². The maximum absolute atomic E-state index is 12.2. The van der Waals surface area contributed by atoms with E-state index in [1.807, 2.05) is 0 Å². The van der Waals surface area contributed by atoms with Gasteiger partial charge in [0.15, 0.2) is 11.5 Å². The molecule has 1 aromatic carbocycles. The van der Waals surface area contributed by atoms with Crippen LogP contribution >= 0.6 is 0 Å². The van der Waals surface area contributed by atoms with Crippen LogP contribution in [0.25, 0.3) is 0 Å². The summed E-state index contributed by atoms with van der Waals surface area (Å²) in [6, 6.07) is 2.52. The van der Waals surface area contributed by atoms with Crippen LogP contribution in [-0.2, 0) is 0 Å². The van der Waals surface area contributed by atoms with Gasteiger partial charge < -0.3 is 15.1 Å². The average molecular weight is 308 g/mol. The Kier molecular flexibility index (Phi) is 4.97. The second-order valence-corrected chi connectivity index (χ2v) is 5.67. The molecule has 7 nitrogen and oxygen atoms in total. The van der Waals surface area contributed by atoms with Crippen molar-refractivity contribution < 1.29 is 19.9 Å². The van der Waals surface area contributed by atoms with Crippen molar-refractivity contribution in [1.29, 1.82) is 0 Å². The predicted molar refractivity (Wildman–Crippen MR) is 80.3 cm³/mol. The van der Waals surface area contributed by atoms with Crippen LogP contribution in [0.2, 0.25) is 0 Å². The molecule has 1 saturated heterocycles. The Bertz CT molecular complexity index is 588. The van der Waals surface area contributed by atoms with E-state index in [2.05, 4.69) is 11.8 Å². The van der Waals surface area contributed by atoms with Crippen LogP contribution in [-0.4, -0.2) is 45.0 Å². The number of carbonyl (C=O) groups excluding carboxylic acids is 1. The van der Waals surface area contributed by atoms with E-state index in [0.717, 1.165) is 31.5 Å². The van der Waals surface area contributed by atoms with Crippen LogP contribution in [0, 0.1) is 10.1 Å². The molecule has 0 bridgehead atoms. The van der Waals surface area contributed by atoms with E-state index in [0.29, 0.717) is 12.6 Å². The summed E-state index contributed by atoms with van der Waals surface area (Å²) >= 11 is 0. The second-order valence-electron chi connectivity index (χ2n) is 5.67. The van der Waals surface area contributed by atoms with Crippen molar-refractivity contribution in [1.82, 2.24) is 4.90 Å². The minimum atomic E-state index is -0.821. The van der Waals surface area contributed by atoms with Gasteiger partial charge in [0.2, 0.25) is 5.75 Å². The number of hydrogen-bond donors (Lipinski definition) is 2. The summed E-state index contributed by atoms with van der Waals surface area (Å²) in [5.74, 6) is -1.74. The molecule has 0 spiro atoms. The lowest BCUT2D eigenvalue weighted by Gasteiger charge is -2.33. The fraction of sp³-hybridized carbons (Fsp3) is 0.533. The Balaban J connectivity index is 2.08. The number of phenols is 2. The summed E-state index contributed by atoms with van der Waals surface area (Å²) in [5.41, 5.74) is -0.610. The van der Waals surface area contributed by atoms with Crippen LogP contribution in [0.5, 0.6) is 11.5 Å². The minimum absolute atomic E-state index is 0.0478. The SMILES string of the molecule is CC1CCCCN1CCC(=O)c1cc(O)c(O)c([N+](=O)[O-])c1. The maximum atomic E-state index is 12.2. The van der Waals surface area contributed by atoms with Gasteiger partial charge in [-0.15, -0.1) is 0 Å². The van der Waals surface area contributed by atoms with E-state index in [-0.39, 0.29) is 17.8 Å². The van der Waals surface area contributed by atoms with Crippen LogP contribution < -0.4 is 0 Å². The van der Waals surface area contributed by atoms with E-state index < -0.39 is 22.1 Å². The maximum Gasteiger partial charge on any atom is 0.315 e. The number of aromatic hydroxyl groups is 2. The molecule has 1 unspecified atom stereocenters. The molecule has 7 heteroatoms. The van der Waals surface area contributed by atoms with Gasteiger partial charge in [-0.3, -0.25) is 14.9 Å². The number of piperidine rings is 1. The largest absolute Gasteiger partial charge is 0.504 e. The van der Waals surface area contributed by atoms with Gasteiger partial charge in [0.1, 0.15) is 0 Å². The Morgan fingerprint density at radius 2 is 2.14 bits per heavy atom. The lowest BCUT2D eigenvalue weighted by atomic mass is 10.0. The summed E-state index contributed by atoms with van der Waals surface area (Å²) in [4.78, 5) is 24.4. The molecule has 0 aliphatic carbocycles. The first kappa shape index (κ1) is 16.2. The van der Waals surface area contributed by atoms with E-state index in [4.69, 9.17) is 0 Å². The summed E-state index contributed by atoms with van der Waals surface area (Å²) in [7, 11) is 0. The smallest absolute Gasteiger partial charge is 0.315 e. The van der Waals surface area contributed by atoms with Gasteiger partial charge >= 0.3 is 5.69 Å². The predicted octanol–water partition coefficient (Wildman–Crippen LogP) is 2.45. The highest BCUT2D eigenvalue weighted by Crippen LogP contribution is 2.36. The van der Waals surface area contributed by atoms with E-state index in [1.165, 1.54) is 6.42 Å². The first-order chi connectivity index (χ1) is 10.4. The van der Waals surface area contributed by atoms with Gasteiger partial charge in [0, 0.05) is 30.6 Å². The zero-order chi connectivity index (χ0) is 16.3. The molecule has 22 heavy (non-hydrogen) atoms. The van der Waals surface area contributed by atoms with Crippen molar-refractivity contribution in [2.45, 2.75) is 38.6 Å². The van der Waals surface area contributed by atoms with Gasteiger partial charge in [0.25, 0.3) is 0 Å². The number of hydrogen-bond acceptors (Lipinski definition) is 6. The second kappa shape index (κ2) is 6.74. The molecule has 0 saturated carbocycles. The normalized spacial score (nSPS) is 19.0. The molecule has 1 fully saturated rings. The third kappa shape index (κ3) is 3.54. The van der Waals surface area contributed by atoms with E-state index >= 15 is 0 Å². The average Bonchev–Trinajstić information content (AvgIpc) is 2.48. The van der Waals surface area contributed by atoms with Crippen molar-refractivity contribution >= 4 is 11.5 Å². The minimum Gasteiger partial charge on any atom is -0.504 e. The molecule has 1 aromatic rings. The Hall–Kier alpha value is -2.15. The number of carbonyl (C=O) groups is 1. The van der Waals surface area contributed by atoms with Gasteiger partial charge in [-0.1, -0.05) is 6.42 Å². The number of likely N-dealkylation sites (tertiary alicyclic amines) is 1. The standard InChI is InChI=1S/C15H20N2O5/c1-10-4-2-3-6-16(10)7-5-13(18)11-8-12(17(21)22)15(20)14(19)9-11/h8-10,19-20H,2-7H2,1H3. The van der Waals surface area contributed by atoms with Crippen molar-refractivity contribution in [2.24, 2.45) is 0 Å². The van der Waals surface area contributed by atoms with Crippen LogP contribution in [0.15, 0.2) is 12.1 Å². The number of phenolic OH excluding ortho intramolecular Hbond substituents is 2. The summed E-state index contributed by atoms with van der Waals surface area (Å²) in [5, 5.41) is 29.8. The molecular formula is C15H20N2O5. The molecule has 1 atom stereocenters. The highest BCUT2D eigenvalue weighted by molar-refractivity contribution is 5.97. The van der Waals surface area contributed by atoms with Gasteiger partial charge in [-0.2, -0.15) is 0 Å². The highest BCUT2D eigenvalue weighted by atomic mass is 16.6. The van der Waals surface area contributed by atoms with Crippen LogP contribution in [0.1, 0.15) is 43.0 Å². The summed E-state index contributed by atoms with van der Waals surface area (Å²) < 4.78 is 0. The van der Waals surface area contributed by atoms with Crippen molar-refractivity contribution in [3.05, 3.63) is 27.8 Å². The highest BCUT2D eigenvalue weighted by Gasteiger charge is 2.23. The topological polar surface area (TPSA) is 104 Å². The van der Waals surface area contributed by atoms with Gasteiger partial charge in [-0.25, -0.2) is 0 Å². The van der Waals surface area contributed by atoms with Crippen molar-refractivity contribution in [3.8, 4) is 11.5 Å². The molecule has 120 valence electrons. The molecular weight excluding hydrogens is 288 g/mol. The van der Waals surface area contributed by atoms with Crippen molar-refractivity contribution in [3.63, 3.8) is 0 Å². The molecule has 1 heterocycles. The number of nitro benzene ring substituents is 1. The first-order valence-electron chi connectivity index (χ1n) is 7.37. The Morgan fingerprint density at radius 3 is 2.77 bits per heavy atom. The van der Waals surface area contributed by atoms with Gasteiger partial charge in [-0.05, 0) is 32.4 Å². The number of ketones is 1. The Labute approximate surface area is 128 Å². The monoisotopic (exact) mass is 308 g/mol. The molecule has 0 aromatic heterocycles. The van der Waals surface area contributed by atoms with Gasteiger partial charge in [0.05, 0.1) is 4.92 Å². The number of rotatable bonds is 5. The Morgan fingerprint density at radius 1 is 1.41 bits per heavy atom. The molecule has 1 aliphatic rings. The number of benzene rings is 1. The lowest BCUT2D eigenvalue weighted by molar-refractivity contribution is -0.386. The van der Waals surface area contributed by atoms with Crippen molar-refractivity contribution in [2.75, 3.05) is 13.1 Å². The van der Waals surface area contributed by atoms with Crippen LogP contribution in [0.4, 0.5) is 5.69 Å². The molecule has 1 aliphatic heterocycles. The fourth-order valence-corrected chi connectivity index (χ4v) is 2.78. The number of Topliss-reactive ketones (excluding diaryl/α,β-unsaturated/α-hetero) is 1. The number of nitro groups is 1. The first-order valence-corrected chi connectivity index (χ1v) is 7.37.